The van der Waals surface area contributed by atoms with Crippen LogP contribution in [-0.4, -0.2) is 68.2 Å². The largest absolute Gasteiger partial charge is 0.495 e. The van der Waals surface area contributed by atoms with E-state index in [2.05, 4.69) is 44.7 Å². The number of nitrogens with one attached hydrogen (secondary N) is 2. The quantitative estimate of drug-likeness (QED) is 0.316. The normalized spacial score (nSPS) is 17.3. The van der Waals surface area contributed by atoms with Gasteiger partial charge in [0.1, 0.15) is 28.4 Å². The Morgan fingerprint density at radius 2 is 1.97 bits per heavy atom. The third-order valence-corrected chi connectivity index (χ3v) is 7.23. The molecule has 38 heavy (non-hydrogen) atoms. The summed E-state index contributed by atoms with van der Waals surface area (Å²) in [4.78, 5) is 11.4. The maximum absolute atomic E-state index is 6.50. The number of methoxy groups -OCH3 is 1. The van der Waals surface area contributed by atoms with E-state index in [-0.39, 0.29) is 6.10 Å². The molecule has 3 heterocycles. The summed E-state index contributed by atoms with van der Waals surface area (Å²) in [6.45, 7) is 7.32. The Morgan fingerprint density at radius 1 is 1.11 bits per heavy atom. The van der Waals surface area contributed by atoms with E-state index in [4.69, 9.17) is 30.3 Å². The molecule has 2 aliphatic heterocycles. The molecular weight excluding hydrogens is 525 g/mol. The maximum Gasteiger partial charge on any atom is 0.229 e. The molecule has 1 aromatic heterocycles. The summed E-state index contributed by atoms with van der Waals surface area (Å²) >= 11 is 6.50. The predicted molar refractivity (Wildman–Crippen MR) is 152 cm³/mol. The number of likely N-dealkylation sites (N-methyl/N-ethyl adjacent to an activating group) is 1. The van der Waals surface area contributed by atoms with Crippen molar-refractivity contribution in [3.05, 3.63) is 52.7 Å². The molecule has 0 aliphatic carbocycles. The minimum Gasteiger partial charge on any atom is -0.495 e. The second kappa shape index (κ2) is 11.9. The van der Waals surface area contributed by atoms with Crippen LogP contribution in [0.4, 0.5) is 23.1 Å². The Kier molecular flexibility index (Phi) is 8.39. The van der Waals surface area contributed by atoms with Crippen LogP contribution in [0.1, 0.15) is 17.5 Å². The highest BCUT2D eigenvalue weighted by Gasteiger charge is 2.20. The van der Waals surface area contributed by atoms with E-state index in [1.54, 1.807) is 13.3 Å². The lowest BCUT2D eigenvalue weighted by atomic mass is 9.99. The smallest absolute Gasteiger partial charge is 0.229 e. The fourth-order valence-corrected chi connectivity index (χ4v) is 5.19. The van der Waals surface area contributed by atoms with E-state index in [0.29, 0.717) is 29.1 Å². The molecule has 9 nitrogen and oxygen atoms in total. The van der Waals surface area contributed by atoms with Crippen LogP contribution >= 0.6 is 19.7 Å². The van der Waals surface area contributed by atoms with E-state index in [1.807, 2.05) is 31.5 Å². The molecule has 0 spiro atoms. The number of hydrogen-bond donors (Lipinski definition) is 2. The zero-order chi connectivity index (χ0) is 26.6. The van der Waals surface area contributed by atoms with Gasteiger partial charge in [0.2, 0.25) is 5.95 Å². The Morgan fingerprint density at radius 3 is 2.74 bits per heavy atom. The highest BCUT2D eigenvalue weighted by Crippen LogP contribution is 2.40. The van der Waals surface area contributed by atoms with E-state index in [9.17, 15) is 0 Å². The van der Waals surface area contributed by atoms with Crippen LogP contribution in [0.15, 0.2) is 36.5 Å². The van der Waals surface area contributed by atoms with Gasteiger partial charge in [-0.15, -0.1) is 0 Å². The fraction of sp³-hybridized carbons (Fsp3) is 0.407. The van der Waals surface area contributed by atoms with Crippen LogP contribution in [-0.2, 0) is 17.7 Å². The number of nitrogens with zero attached hydrogens (tertiary/aromatic N) is 3. The first-order valence-corrected chi connectivity index (χ1v) is 15.1. The van der Waals surface area contributed by atoms with Crippen LogP contribution in [0.3, 0.4) is 0 Å². The minimum absolute atomic E-state index is 0.0531. The Labute approximate surface area is 229 Å². The van der Waals surface area contributed by atoms with Gasteiger partial charge in [-0.1, -0.05) is 11.6 Å². The SMILES string of the molecule is COc1cc2c(cc1Nc1ncc(Cl)c(Nc3ccc(O[C@@H]4CCOC4)cc3OP(C)C)n1)CN(C)CC2. The molecule has 0 unspecified atom stereocenters. The molecule has 1 fully saturated rings. The van der Waals surface area contributed by atoms with Crippen molar-refractivity contribution in [2.24, 2.45) is 0 Å². The molecule has 0 saturated carbocycles. The third-order valence-electron chi connectivity index (χ3n) is 6.39. The van der Waals surface area contributed by atoms with Crippen LogP contribution < -0.4 is 24.6 Å². The first-order chi connectivity index (χ1) is 18.4. The summed E-state index contributed by atoms with van der Waals surface area (Å²) in [6.07, 6.45) is 3.50. The molecule has 202 valence electrons. The molecule has 0 radical (unpaired) electrons. The average molecular weight is 558 g/mol. The summed E-state index contributed by atoms with van der Waals surface area (Å²) in [6, 6.07) is 9.92. The standard InChI is InChI=1S/C27H33ClN5O4P/c1-33-9-7-17-12-24(34-2)23(11-18(17)15-33)31-27-29-14-21(28)26(32-27)30-22-6-5-19(13-25(22)37-38(3)4)36-20-8-10-35-16-20/h5-6,11-14,20H,7-10,15-16H2,1-4H3,(H2,29,30,31,32)/t20-/m1/s1. The molecule has 0 bridgehead atoms. The average Bonchev–Trinajstić information content (AvgIpc) is 3.40. The molecule has 1 atom stereocenters. The molecule has 2 aromatic carbocycles. The molecule has 3 aromatic rings. The van der Waals surface area contributed by atoms with Crippen molar-refractivity contribution in [3.8, 4) is 17.2 Å². The van der Waals surface area contributed by atoms with E-state index >= 15 is 0 Å². The topological polar surface area (TPSA) is 90.0 Å². The number of ether oxygens (including phenoxy) is 3. The lowest BCUT2D eigenvalue weighted by Crippen LogP contribution is -2.26. The Balaban J connectivity index is 1.39. The van der Waals surface area contributed by atoms with Crippen molar-refractivity contribution in [3.63, 3.8) is 0 Å². The van der Waals surface area contributed by atoms with Gasteiger partial charge in [0.25, 0.3) is 0 Å². The minimum atomic E-state index is -0.672. The summed E-state index contributed by atoms with van der Waals surface area (Å²) < 4.78 is 23.3. The highest BCUT2D eigenvalue weighted by atomic mass is 35.5. The number of hydrogen-bond acceptors (Lipinski definition) is 9. The maximum atomic E-state index is 6.50. The van der Waals surface area contributed by atoms with Crippen LogP contribution in [0.2, 0.25) is 5.02 Å². The van der Waals surface area contributed by atoms with E-state index < -0.39 is 8.15 Å². The molecule has 11 heteroatoms. The van der Waals surface area contributed by atoms with Crippen molar-refractivity contribution in [1.29, 1.82) is 0 Å². The number of aromatic nitrogens is 2. The van der Waals surface area contributed by atoms with Crippen molar-refractivity contribution >= 4 is 42.9 Å². The first-order valence-electron chi connectivity index (χ1n) is 12.6. The lowest BCUT2D eigenvalue weighted by Gasteiger charge is -2.26. The molecule has 2 aliphatic rings. The van der Waals surface area contributed by atoms with Gasteiger partial charge in [-0.25, -0.2) is 4.98 Å². The van der Waals surface area contributed by atoms with Crippen molar-refractivity contribution in [1.82, 2.24) is 14.9 Å². The van der Waals surface area contributed by atoms with Crippen LogP contribution in [0.25, 0.3) is 0 Å². The number of rotatable bonds is 9. The summed E-state index contributed by atoms with van der Waals surface area (Å²) in [7, 11) is 3.12. The highest BCUT2D eigenvalue weighted by molar-refractivity contribution is 7.51. The Hall–Kier alpha value is -2.84. The van der Waals surface area contributed by atoms with Gasteiger partial charge in [-0.05, 0) is 62.2 Å². The molecule has 0 amide bonds. The van der Waals surface area contributed by atoms with Gasteiger partial charge < -0.3 is 34.3 Å². The zero-order valence-electron chi connectivity index (χ0n) is 22.1. The van der Waals surface area contributed by atoms with Crippen molar-refractivity contribution in [2.45, 2.75) is 25.5 Å². The van der Waals surface area contributed by atoms with Crippen molar-refractivity contribution in [2.75, 3.05) is 57.9 Å². The Bertz CT molecular complexity index is 1290. The van der Waals surface area contributed by atoms with Crippen molar-refractivity contribution < 1.29 is 18.7 Å². The number of benzene rings is 2. The molecule has 5 rings (SSSR count). The third kappa shape index (κ3) is 6.41. The van der Waals surface area contributed by atoms with E-state index in [0.717, 1.165) is 55.4 Å². The number of fused-ring (bicyclic) bond motifs is 1. The van der Waals surface area contributed by atoms with Gasteiger partial charge in [-0.2, -0.15) is 4.98 Å². The second-order valence-corrected chi connectivity index (χ2v) is 11.8. The summed E-state index contributed by atoms with van der Waals surface area (Å²) in [5.74, 6) is 3.01. The van der Waals surface area contributed by atoms with Gasteiger partial charge >= 0.3 is 0 Å². The predicted octanol–water partition coefficient (Wildman–Crippen LogP) is 5.82. The first kappa shape index (κ1) is 26.8. The second-order valence-electron chi connectivity index (χ2n) is 9.61. The van der Waals surface area contributed by atoms with Gasteiger partial charge in [-0.3, -0.25) is 0 Å². The van der Waals surface area contributed by atoms with Gasteiger partial charge in [0, 0.05) is 25.6 Å². The van der Waals surface area contributed by atoms with Crippen LogP contribution in [0, 0.1) is 0 Å². The number of anilines is 4. The lowest BCUT2D eigenvalue weighted by molar-refractivity contribution is 0.141. The summed E-state index contributed by atoms with van der Waals surface area (Å²) in [5, 5.41) is 7.02. The molecule has 1 saturated heterocycles. The van der Waals surface area contributed by atoms with Gasteiger partial charge in [0.15, 0.2) is 5.82 Å². The zero-order valence-corrected chi connectivity index (χ0v) is 23.7. The summed E-state index contributed by atoms with van der Waals surface area (Å²) in [5.41, 5.74) is 4.10. The number of halogens is 1. The monoisotopic (exact) mass is 557 g/mol. The van der Waals surface area contributed by atoms with Crippen LogP contribution in [0.5, 0.6) is 17.2 Å². The van der Waals surface area contributed by atoms with E-state index in [1.165, 1.54) is 11.1 Å². The molecule has 2 N–H and O–H groups in total. The molecular formula is C27H33ClN5O4P. The van der Waals surface area contributed by atoms with Gasteiger partial charge in [0.05, 0.1) is 46.0 Å². The fourth-order valence-electron chi connectivity index (χ4n) is 4.51.